The van der Waals surface area contributed by atoms with Gasteiger partial charge in [-0.2, -0.15) is 16.8 Å². The first kappa shape index (κ1) is 21.0. The predicted molar refractivity (Wildman–Crippen MR) is 68.0 cm³/mol. The third kappa shape index (κ3) is 3.61. The van der Waals surface area contributed by atoms with Crippen LogP contribution in [0.3, 0.4) is 0 Å². The Kier molecular flexibility index (Phi) is 5.24. The first-order chi connectivity index (χ1) is 12.2. The highest BCUT2D eigenvalue weighted by molar-refractivity contribution is 8.00. The van der Waals surface area contributed by atoms with Crippen LogP contribution >= 0.6 is 0 Å². The van der Waals surface area contributed by atoms with E-state index in [0.717, 1.165) is 0 Å². The van der Waals surface area contributed by atoms with Crippen molar-refractivity contribution < 1.29 is 55.6 Å². The molecule has 27 heavy (non-hydrogen) atoms. The molecule has 0 unspecified atom stereocenters. The number of halogens is 8. The molecule has 0 amide bonds. The smallest absolute Gasteiger partial charge is 0.204 e. The van der Waals surface area contributed by atoms with E-state index >= 15 is 0 Å². The van der Waals surface area contributed by atoms with E-state index in [0.29, 0.717) is 0 Å². The van der Waals surface area contributed by atoms with Gasteiger partial charge in [-0.3, -0.25) is 0 Å². The lowest BCUT2D eigenvalue weighted by Gasteiger charge is -2.10. The lowest BCUT2D eigenvalue weighted by atomic mass is 10.3. The third-order valence-electron chi connectivity index (χ3n) is 2.82. The number of benzene rings is 2. The zero-order valence-corrected chi connectivity index (χ0v) is 13.7. The molecule has 0 aliphatic heterocycles. The number of rotatable bonds is 4. The molecule has 0 aromatic heterocycles. The predicted octanol–water partition coefficient (Wildman–Crippen LogP) is 2.89. The fourth-order valence-corrected chi connectivity index (χ4v) is 4.48. The van der Waals surface area contributed by atoms with Crippen LogP contribution in [0.2, 0.25) is 0 Å². The maximum atomic E-state index is 13.5. The molecule has 0 bridgehead atoms. The molecular weight excluding hydrogens is 440 g/mol. The van der Waals surface area contributed by atoms with Gasteiger partial charge in [-0.1, -0.05) is 0 Å². The Morgan fingerprint density at radius 1 is 0.519 bits per heavy atom. The Morgan fingerprint density at radius 3 is 0.963 bits per heavy atom. The molecule has 0 saturated heterocycles. The second-order valence-electron chi connectivity index (χ2n) is 4.57. The van der Waals surface area contributed by atoms with Gasteiger partial charge in [0.2, 0.25) is 0 Å². The second kappa shape index (κ2) is 6.72. The molecule has 2 aromatic rings. The zero-order chi connectivity index (χ0) is 20.9. The van der Waals surface area contributed by atoms with Crippen molar-refractivity contribution >= 4 is 20.2 Å². The lowest BCUT2D eigenvalue weighted by Crippen LogP contribution is -2.20. The van der Waals surface area contributed by atoms with Crippen LogP contribution < -0.4 is 0 Å². The van der Waals surface area contributed by atoms with Crippen molar-refractivity contribution in [3.05, 3.63) is 58.7 Å². The van der Waals surface area contributed by atoms with E-state index in [1.54, 1.807) is 0 Å². The summed E-state index contributed by atoms with van der Waals surface area (Å²) in [6.45, 7) is 0. The van der Waals surface area contributed by atoms with Gasteiger partial charge in [-0.05, 0) is 0 Å². The van der Waals surface area contributed by atoms with Crippen LogP contribution in [0.15, 0.2) is 21.9 Å². The quantitative estimate of drug-likeness (QED) is 0.538. The molecule has 148 valence electrons. The molecule has 15 heteroatoms. The van der Waals surface area contributed by atoms with Crippen molar-refractivity contribution in [1.29, 1.82) is 0 Å². The standard InChI is InChI=1S/C12H2F8O5S2/c13-3-1-4(14)8(18)11(7(3)17)26(21,22)25-27(23,24)12-9(19)5(15)2-6(16)10(12)20/h1-2H. The van der Waals surface area contributed by atoms with Crippen molar-refractivity contribution in [2.24, 2.45) is 0 Å². The van der Waals surface area contributed by atoms with Gasteiger partial charge in [0.15, 0.2) is 56.3 Å². The normalized spacial score (nSPS) is 12.4. The maximum Gasteiger partial charge on any atom is 0.317 e. The van der Waals surface area contributed by atoms with Crippen LogP contribution in [-0.2, 0) is 23.9 Å². The topological polar surface area (TPSA) is 77.5 Å². The minimum atomic E-state index is -6.33. The summed E-state index contributed by atoms with van der Waals surface area (Å²) in [7, 11) is -12.7. The molecule has 0 heterocycles. The third-order valence-corrected chi connectivity index (χ3v) is 5.97. The summed E-state index contributed by atoms with van der Waals surface area (Å²) in [6, 6.07) is -0.862. The van der Waals surface area contributed by atoms with Crippen molar-refractivity contribution in [3.8, 4) is 0 Å². The van der Waals surface area contributed by atoms with Gasteiger partial charge < -0.3 is 0 Å². The Morgan fingerprint density at radius 2 is 0.741 bits per heavy atom. The molecule has 0 aliphatic carbocycles. The molecule has 0 radical (unpaired) electrons. The van der Waals surface area contributed by atoms with Gasteiger partial charge in [0.25, 0.3) is 0 Å². The monoisotopic (exact) mass is 442 g/mol. The molecule has 0 aliphatic rings. The zero-order valence-electron chi connectivity index (χ0n) is 12.0. The summed E-state index contributed by atoms with van der Waals surface area (Å²) in [4.78, 5) is -5.19. The molecule has 0 atom stereocenters. The Hall–Kier alpha value is -2.26. The first-order valence-corrected chi connectivity index (χ1v) is 8.89. The van der Waals surface area contributed by atoms with Crippen LogP contribution in [0.5, 0.6) is 0 Å². The molecule has 0 spiro atoms. The van der Waals surface area contributed by atoms with E-state index in [2.05, 4.69) is 3.63 Å². The molecule has 5 nitrogen and oxygen atoms in total. The highest BCUT2D eigenvalue weighted by atomic mass is 32.3. The van der Waals surface area contributed by atoms with Crippen molar-refractivity contribution in [1.82, 2.24) is 0 Å². The van der Waals surface area contributed by atoms with Gasteiger partial charge in [-0.25, -0.2) is 35.1 Å². The first-order valence-electron chi connectivity index (χ1n) is 6.07. The average Bonchev–Trinajstić information content (AvgIpc) is 2.50. The summed E-state index contributed by atoms with van der Waals surface area (Å²) >= 11 is 0. The second-order valence-corrected chi connectivity index (χ2v) is 7.75. The summed E-state index contributed by atoms with van der Waals surface area (Å²) < 4.78 is 156. The molecular formula is C12H2F8O5S2. The largest absolute Gasteiger partial charge is 0.317 e. The van der Waals surface area contributed by atoms with E-state index in [1.807, 2.05) is 0 Å². The summed E-state index contributed by atoms with van der Waals surface area (Å²) in [6.07, 6.45) is 0. The Labute approximate surface area is 145 Å². The SMILES string of the molecule is O=S(=O)(OS(=O)(=O)c1c(F)c(F)cc(F)c1F)c1c(F)c(F)cc(F)c1F. The highest BCUT2D eigenvalue weighted by Gasteiger charge is 2.39. The summed E-state index contributed by atoms with van der Waals surface area (Å²) in [5, 5.41) is 0. The lowest BCUT2D eigenvalue weighted by molar-refractivity contribution is 0.392. The van der Waals surface area contributed by atoms with Crippen LogP contribution in [0, 0.1) is 46.5 Å². The van der Waals surface area contributed by atoms with Crippen LogP contribution in [0.1, 0.15) is 0 Å². The average molecular weight is 442 g/mol. The minimum Gasteiger partial charge on any atom is -0.204 e. The van der Waals surface area contributed by atoms with E-state index < -0.39 is 88.7 Å². The van der Waals surface area contributed by atoms with Crippen LogP contribution in [0.25, 0.3) is 0 Å². The molecule has 0 fully saturated rings. The van der Waals surface area contributed by atoms with Gasteiger partial charge in [0, 0.05) is 12.1 Å². The Bertz CT molecular complexity index is 1020. The van der Waals surface area contributed by atoms with Crippen LogP contribution in [0.4, 0.5) is 35.1 Å². The Balaban J connectivity index is 2.71. The van der Waals surface area contributed by atoms with Crippen molar-refractivity contribution in [2.75, 3.05) is 0 Å². The number of hydrogen-bond donors (Lipinski definition) is 0. The van der Waals surface area contributed by atoms with Gasteiger partial charge in [0.1, 0.15) is 0 Å². The summed E-state index contributed by atoms with van der Waals surface area (Å²) in [5.74, 6) is -19.7. The fourth-order valence-electron chi connectivity index (χ4n) is 1.73. The molecule has 0 N–H and O–H groups in total. The van der Waals surface area contributed by atoms with E-state index in [1.165, 1.54) is 0 Å². The molecule has 2 aromatic carbocycles. The van der Waals surface area contributed by atoms with Gasteiger partial charge in [0.05, 0.1) is 0 Å². The highest BCUT2D eigenvalue weighted by Crippen LogP contribution is 2.30. The summed E-state index contributed by atoms with van der Waals surface area (Å²) in [5.41, 5.74) is 0. The van der Waals surface area contributed by atoms with E-state index in [-0.39, 0.29) is 0 Å². The van der Waals surface area contributed by atoms with E-state index in [9.17, 15) is 52.0 Å². The number of hydrogen-bond acceptors (Lipinski definition) is 5. The molecule has 2 rings (SSSR count). The van der Waals surface area contributed by atoms with E-state index in [4.69, 9.17) is 0 Å². The minimum absolute atomic E-state index is 0.431. The maximum absolute atomic E-state index is 13.5. The van der Waals surface area contributed by atoms with Gasteiger partial charge >= 0.3 is 20.2 Å². The van der Waals surface area contributed by atoms with Crippen molar-refractivity contribution in [3.63, 3.8) is 0 Å². The molecule has 0 saturated carbocycles. The fraction of sp³-hybridized carbons (Fsp3) is 0. The van der Waals surface area contributed by atoms with Gasteiger partial charge in [-0.15, -0.1) is 3.63 Å². The van der Waals surface area contributed by atoms with Crippen LogP contribution in [-0.4, -0.2) is 16.8 Å². The van der Waals surface area contributed by atoms with Crippen molar-refractivity contribution in [2.45, 2.75) is 9.79 Å².